The van der Waals surface area contributed by atoms with E-state index in [-0.39, 0.29) is 17.8 Å². The van der Waals surface area contributed by atoms with E-state index >= 15 is 0 Å². The van der Waals surface area contributed by atoms with Crippen molar-refractivity contribution in [2.45, 2.75) is 31.9 Å². The van der Waals surface area contributed by atoms with E-state index in [1.807, 2.05) is 0 Å². The fourth-order valence-corrected chi connectivity index (χ4v) is 3.33. The van der Waals surface area contributed by atoms with Crippen LogP contribution in [0.3, 0.4) is 0 Å². The number of rotatable bonds is 1. The number of amides is 1. The van der Waals surface area contributed by atoms with Gasteiger partial charge in [-0.15, -0.1) is 0 Å². The molecule has 0 N–H and O–H groups in total. The van der Waals surface area contributed by atoms with Crippen LogP contribution in [0.15, 0.2) is 16.6 Å². The summed E-state index contributed by atoms with van der Waals surface area (Å²) in [5.74, 6) is -0.231. The Morgan fingerprint density at radius 1 is 1.42 bits per heavy atom. The van der Waals surface area contributed by atoms with Crippen LogP contribution in [0.25, 0.3) is 0 Å². The Morgan fingerprint density at radius 3 is 3.00 bits per heavy atom. The number of hydrogen-bond acceptors (Lipinski definition) is 2. The zero-order valence-corrected chi connectivity index (χ0v) is 12.1. The van der Waals surface area contributed by atoms with Crippen molar-refractivity contribution >= 4 is 21.8 Å². The highest BCUT2D eigenvalue weighted by atomic mass is 79.9. The molecule has 2 aliphatic rings. The SMILES string of the molecule is O=C(C1CCCO1)N1CCc2c(Br)ccc(F)c2C1. The van der Waals surface area contributed by atoms with Gasteiger partial charge in [0.15, 0.2) is 0 Å². The third-order valence-electron chi connectivity index (χ3n) is 3.81. The van der Waals surface area contributed by atoms with Crippen LogP contribution in [0, 0.1) is 5.82 Å². The van der Waals surface area contributed by atoms with Crippen LogP contribution in [0.4, 0.5) is 4.39 Å². The summed E-state index contributed by atoms with van der Waals surface area (Å²) >= 11 is 3.44. The minimum Gasteiger partial charge on any atom is -0.368 e. The standard InChI is InChI=1S/C14H15BrFNO2/c15-11-3-4-12(16)10-8-17(6-5-9(10)11)14(18)13-2-1-7-19-13/h3-4,13H,1-2,5-8H2. The molecule has 2 heterocycles. The van der Waals surface area contributed by atoms with Crippen LogP contribution in [0.5, 0.6) is 0 Å². The van der Waals surface area contributed by atoms with E-state index in [2.05, 4.69) is 15.9 Å². The second-order valence-corrected chi connectivity index (χ2v) is 5.85. The predicted octanol–water partition coefficient (Wildman–Crippen LogP) is 2.65. The normalized spacial score (nSPS) is 22.4. The molecule has 0 aromatic heterocycles. The highest BCUT2D eigenvalue weighted by molar-refractivity contribution is 9.10. The van der Waals surface area contributed by atoms with Gasteiger partial charge in [-0.25, -0.2) is 4.39 Å². The lowest BCUT2D eigenvalue weighted by Gasteiger charge is -2.31. The Kier molecular flexibility index (Phi) is 3.58. The molecule has 102 valence electrons. The molecule has 0 saturated carbocycles. The largest absolute Gasteiger partial charge is 0.368 e. The van der Waals surface area contributed by atoms with Crippen molar-refractivity contribution in [3.63, 3.8) is 0 Å². The quantitative estimate of drug-likeness (QED) is 0.793. The number of carbonyl (C=O) groups is 1. The summed E-state index contributed by atoms with van der Waals surface area (Å²) in [5.41, 5.74) is 1.61. The van der Waals surface area contributed by atoms with Crippen LogP contribution in [-0.4, -0.2) is 30.1 Å². The molecule has 1 unspecified atom stereocenters. The van der Waals surface area contributed by atoms with Gasteiger partial charge in [-0.3, -0.25) is 4.79 Å². The smallest absolute Gasteiger partial charge is 0.252 e. The third kappa shape index (κ3) is 2.41. The van der Waals surface area contributed by atoms with Gasteiger partial charge in [0, 0.05) is 29.7 Å². The summed E-state index contributed by atoms with van der Waals surface area (Å²) in [6, 6.07) is 3.18. The van der Waals surface area contributed by atoms with Crippen molar-refractivity contribution in [1.82, 2.24) is 4.90 Å². The molecule has 1 aromatic rings. The summed E-state index contributed by atoms with van der Waals surface area (Å²) in [5, 5.41) is 0. The number of halogens is 2. The number of nitrogens with zero attached hydrogens (tertiary/aromatic N) is 1. The molecule has 1 atom stereocenters. The van der Waals surface area contributed by atoms with Gasteiger partial charge in [0.2, 0.25) is 0 Å². The molecule has 0 spiro atoms. The Labute approximate surface area is 119 Å². The van der Waals surface area contributed by atoms with Gasteiger partial charge in [0.25, 0.3) is 5.91 Å². The Balaban J connectivity index is 1.82. The monoisotopic (exact) mass is 327 g/mol. The van der Waals surface area contributed by atoms with Crippen LogP contribution >= 0.6 is 15.9 Å². The van der Waals surface area contributed by atoms with E-state index in [1.54, 1.807) is 11.0 Å². The van der Waals surface area contributed by atoms with Gasteiger partial charge in [-0.1, -0.05) is 15.9 Å². The summed E-state index contributed by atoms with van der Waals surface area (Å²) in [7, 11) is 0. The fraction of sp³-hybridized carbons (Fsp3) is 0.500. The lowest BCUT2D eigenvalue weighted by Crippen LogP contribution is -2.42. The molecule has 1 aromatic carbocycles. The predicted molar refractivity (Wildman–Crippen MR) is 72.2 cm³/mol. The molecule has 19 heavy (non-hydrogen) atoms. The fourth-order valence-electron chi connectivity index (χ4n) is 2.76. The molecule has 2 aliphatic heterocycles. The van der Waals surface area contributed by atoms with E-state index in [4.69, 9.17) is 4.74 Å². The van der Waals surface area contributed by atoms with Crippen molar-refractivity contribution in [2.75, 3.05) is 13.2 Å². The van der Waals surface area contributed by atoms with E-state index < -0.39 is 0 Å². The maximum atomic E-state index is 13.9. The van der Waals surface area contributed by atoms with E-state index in [9.17, 15) is 9.18 Å². The van der Waals surface area contributed by atoms with Gasteiger partial charge in [0.05, 0.1) is 0 Å². The molecule has 1 saturated heterocycles. The lowest BCUT2D eigenvalue weighted by atomic mass is 9.98. The Hall–Kier alpha value is -0.940. The number of ether oxygens (including phenoxy) is 1. The Morgan fingerprint density at radius 2 is 2.26 bits per heavy atom. The Bertz CT molecular complexity index is 514. The van der Waals surface area contributed by atoms with Crippen molar-refractivity contribution in [2.24, 2.45) is 0 Å². The molecular weight excluding hydrogens is 313 g/mol. The summed E-state index contributed by atoms with van der Waals surface area (Å²) in [6.45, 7) is 1.63. The molecule has 1 amide bonds. The zero-order chi connectivity index (χ0) is 13.4. The minimum atomic E-state index is -0.322. The number of carbonyl (C=O) groups excluding carboxylic acids is 1. The highest BCUT2D eigenvalue weighted by Gasteiger charge is 2.31. The minimum absolute atomic E-state index is 0.00234. The van der Waals surface area contributed by atoms with Gasteiger partial charge in [-0.2, -0.15) is 0 Å². The average molecular weight is 328 g/mol. The van der Waals surface area contributed by atoms with Crippen LogP contribution in [-0.2, 0) is 22.5 Å². The highest BCUT2D eigenvalue weighted by Crippen LogP contribution is 2.29. The molecule has 3 rings (SSSR count). The first-order valence-electron chi connectivity index (χ1n) is 6.53. The summed E-state index contributed by atoms with van der Waals surface area (Å²) < 4.78 is 20.2. The van der Waals surface area contributed by atoms with Gasteiger partial charge in [0.1, 0.15) is 11.9 Å². The van der Waals surface area contributed by atoms with Crippen LogP contribution in [0.2, 0.25) is 0 Å². The summed E-state index contributed by atoms with van der Waals surface area (Å²) in [4.78, 5) is 14.0. The molecule has 0 bridgehead atoms. The second kappa shape index (κ2) is 5.21. The lowest BCUT2D eigenvalue weighted by molar-refractivity contribution is -0.141. The maximum absolute atomic E-state index is 13.9. The molecule has 1 fully saturated rings. The molecule has 3 nitrogen and oxygen atoms in total. The molecule has 0 radical (unpaired) electrons. The number of fused-ring (bicyclic) bond motifs is 1. The van der Waals surface area contributed by atoms with E-state index in [1.165, 1.54) is 6.07 Å². The third-order valence-corrected chi connectivity index (χ3v) is 4.56. The van der Waals surface area contributed by atoms with Crippen molar-refractivity contribution < 1.29 is 13.9 Å². The second-order valence-electron chi connectivity index (χ2n) is 5.00. The van der Waals surface area contributed by atoms with Gasteiger partial charge < -0.3 is 9.64 Å². The van der Waals surface area contributed by atoms with Gasteiger partial charge >= 0.3 is 0 Å². The number of benzene rings is 1. The first-order chi connectivity index (χ1) is 9.16. The van der Waals surface area contributed by atoms with E-state index in [0.717, 1.165) is 22.9 Å². The van der Waals surface area contributed by atoms with Gasteiger partial charge in [-0.05, 0) is 37.0 Å². The molecule has 5 heteroatoms. The van der Waals surface area contributed by atoms with Crippen molar-refractivity contribution in [3.8, 4) is 0 Å². The first-order valence-corrected chi connectivity index (χ1v) is 7.32. The van der Waals surface area contributed by atoms with Crippen molar-refractivity contribution in [3.05, 3.63) is 33.5 Å². The maximum Gasteiger partial charge on any atom is 0.252 e. The molecule has 0 aliphatic carbocycles. The summed E-state index contributed by atoms with van der Waals surface area (Å²) in [6.07, 6.45) is 2.08. The average Bonchev–Trinajstić information content (AvgIpc) is 2.96. The zero-order valence-electron chi connectivity index (χ0n) is 10.5. The van der Waals surface area contributed by atoms with Crippen molar-refractivity contribution in [1.29, 1.82) is 0 Å². The van der Waals surface area contributed by atoms with Crippen LogP contribution < -0.4 is 0 Å². The van der Waals surface area contributed by atoms with E-state index in [0.29, 0.717) is 31.7 Å². The number of hydrogen-bond donors (Lipinski definition) is 0. The van der Waals surface area contributed by atoms with Crippen LogP contribution in [0.1, 0.15) is 24.0 Å². The molecular formula is C14H15BrFNO2. The topological polar surface area (TPSA) is 29.5 Å². The first kappa shape index (κ1) is 13.1.